The largest absolute Gasteiger partial charge is 0.394 e. The molecule has 2 nitrogen and oxygen atoms in total. The highest BCUT2D eigenvalue weighted by Crippen LogP contribution is 2.37. The van der Waals surface area contributed by atoms with Crippen molar-refractivity contribution in [2.45, 2.75) is 57.5 Å². The Balaban J connectivity index is 2.33. The molecule has 78 valence electrons. The van der Waals surface area contributed by atoms with Gasteiger partial charge < -0.3 is 9.84 Å². The molecule has 0 amide bonds. The molecule has 0 aliphatic heterocycles. The van der Waals surface area contributed by atoms with Crippen LogP contribution >= 0.6 is 0 Å². The fourth-order valence-electron chi connectivity index (χ4n) is 2.25. The molecule has 0 aromatic rings. The van der Waals surface area contributed by atoms with E-state index in [4.69, 9.17) is 9.84 Å². The molecule has 1 saturated carbocycles. The summed E-state index contributed by atoms with van der Waals surface area (Å²) in [6.45, 7) is 2.90. The molecule has 1 aliphatic carbocycles. The Hall–Kier alpha value is -0.0800. The van der Waals surface area contributed by atoms with Crippen molar-refractivity contribution in [2.24, 2.45) is 0 Å². The monoisotopic (exact) mass is 186 g/mol. The lowest BCUT2D eigenvalue weighted by atomic mass is 9.95. The Morgan fingerprint density at radius 2 is 2.00 bits per heavy atom. The van der Waals surface area contributed by atoms with Crippen molar-refractivity contribution in [3.63, 3.8) is 0 Å². The summed E-state index contributed by atoms with van der Waals surface area (Å²) in [5, 5.41) is 8.74. The van der Waals surface area contributed by atoms with Gasteiger partial charge in [0.1, 0.15) is 0 Å². The summed E-state index contributed by atoms with van der Waals surface area (Å²) in [7, 11) is 0. The molecule has 1 aliphatic rings. The number of aliphatic hydroxyl groups excluding tert-OH is 1. The quantitative estimate of drug-likeness (QED) is 0.690. The summed E-state index contributed by atoms with van der Waals surface area (Å²) < 4.78 is 5.79. The molecule has 0 unspecified atom stereocenters. The molecule has 1 rings (SSSR count). The van der Waals surface area contributed by atoms with Gasteiger partial charge in [0.15, 0.2) is 0 Å². The fourth-order valence-corrected chi connectivity index (χ4v) is 2.25. The first-order valence-electron chi connectivity index (χ1n) is 5.58. The average Bonchev–Trinajstić information content (AvgIpc) is 2.61. The minimum atomic E-state index is 0.138. The van der Waals surface area contributed by atoms with Crippen LogP contribution in [0, 0.1) is 0 Å². The number of rotatable bonds is 6. The van der Waals surface area contributed by atoms with E-state index in [2.05, 4.69) is 6.92 Å². The van der Waals surface area contributed by atoms with Crippen LogP contribution in [0.25, 0.3) is 0 Å². The first-order valence-corrected chi connectivity index (χ1v) is 5.58. The number of unbranched alkanes of at least 4 members (excludes halogenated alkanes) is 1. The van der Waals surface area contributed by atoms with Gasteiger partial charge in [-0.15, -0.1) is 0 Å². The predicted molar refractivity (Wildman–Crippen MR) is 53.8 cm³/mol. The van der Waals surface area contributed by atoms with Gasteiger partial charge in [-0.25, -0.2) is 0 Å². The van der Waals surface area contributed by atoms with E-state index >= 15 is 0 Å². The van der Waals surface area contributed by atoms with Crippen molar-refractivity contribution in [3.8, 4) is 0 Å². The van der Waals surface area contributed by atoms with Crippen molar-refractivity contribution in [3.05, 3.63) is 0 Å². The Morgan fingerprint density at radius 3 is 2.54 bits per heavy atom. The fraction of sp³-hybridized carbons (Fsp3) is 1.00. The minimum Gasteiger partial charge on any atom is -0.394 e. The van der Waals surface area contributed by atoms with E-state index in [0.717, 1.165) is 0 Å². The molecular formula is C11H22O2. The lowest BCUT2D eigenvalue weighted by Gasteiger charge is -2.29. The van der Waals surface area contributed by atoms with Gasteiger partial charge in [0.05, 0.1) is 18.8 Å². The number of hydrogen-bond donors (Lipinski definition) is 1. The number of aliphatic hydroxyl groups is 1. The lowest BCUT2D eigenvalue weighted by Crippen LogP contribution is -2.30. The number of hydrogen-bond acceptors (Lipinski definition) is 2. The Kier molecular flexibility index (Phi) is 4.74. The summed E-state index contributed by atoms with van der Waals surface area (Å²) in [5.74, 6) is 0. The lowest BCUT2D eigenvalue weighted by molar-refractivity contribution is -0.0600. The van der Waals surface area contributed by atoms with E-state index in [-0.39, 0.29) is 12.2 Å². The molecule has 0 aromatic heterocycles. The van der Waals surface area contributed by atoms with E-state index in [1.807, 2.05) is 0 Å². The maximum Gasteiger partial charge on any atom is 0.0705 e. The van der Waals surface area contributed by atoms with E-state index in [9.17, 15) is 0 Å². The maximum atomic E-state index is 8.74. The molecule has 0 heterocycles. The van der Waals surface area contributed by atoms with Gasteiger partial charge in [0.2, 0.25) is 0 Å². The average molecular weight is 186 g/mol. The first kappa shape index (κ1) is 11.0. The van der Waals surface area contributed by atoms with Crippen LogP contribution in [0.3, 0.4) is 0 Å². The highest BCUT2D eigenvalue weighted by molar-refractivity contribution is 4.86. The van der Waals surface area contributed by atoms with Crippen molar-refractivity contribution in [1.82, 2.24) is 0 Å². The van der Waals surface area contributed by atoms with Gasteiger partial charge in [0.25, 0.3) is 0 Å². The maximum absolute atomic E-state index is 8.74. The normalized spacial score (nSPS) is 20.8. The zero-order valence-corrected chi connectivity index (χ0v) is 8.72. The molecule has 0 atom stereocenters. The van der Waals surface area contributed by atoms with Gasteiger partial charge in [-0.1, -0.05) is 32.6 Å². The second kappa shape index (κ2) is 5.61. The molecule has 2 heteroatoms. The third kappa shape index (κ3) is 3.28. The van der Waals surface area contributed by atoms with E-state index in [1.165, 1.54) is 44.9 Å². The van der Waals surface area contributed by atoms with Crippen molar-refractivity contribution < 1.29 is 9.84 Å². The van der Waals surface area contributed by atoms with E-state index < -0.39 is 0 Å². The van der Waals surface area contributed by atoms with Crippen LogP contribution < -0.4 is 0 Å². The molecule has 0 radical (unpaired) electrons. The number of ether oxygens (including phenoxy) is 1. The van der Waals surface area contributed by atoms with Gasteiger partial charge in [-0.05, 0) is 19.3 Å². The predicted octanol–water partition coefficient (Wildman–Crippen LogP) is 2.50. The molecule has 13 heavy (non-hydrogen) atoms. The van der Waals surface area contributed by atoms with Crippen molar-refractivity contribution in [1.29, 1.82) is 0 Å². The van der Waals surface area contributed by atoms with Gasteiger partial charge in [-0.2, -0.15) is 0 Å². The second-order valence-corrected chi connectivity index (χ2v) is 4.07. The Morgan fingerprint density at radius 1 is 1.31 bits per heavy atom. The summed E-state index contributed by atoms with van der Waals surface area (Å²) >= 11 is 0. The summed E-state index contributed by atoms with van der Waals surface area (Å²) in [6, 6.07) is 0. The second-order valence-electron chi connectivity index (χ2n) is 4.07. The SMILES string of the molecule is CCCCC1(OCCO)CCCC1. The van der Waals surface area contributed by atoms with Gasteiger partial charge >= 0.3 is 0 Å². The zero-order valence-electron chi connectivity index (χ0n) is 8.72. The Bertz CT molecular complexity index is 118. The highest BCUT2D eigenvalue weighted by Gasteiger charge is 2.33. The zero-order chi connectivity index (χ0) is 9.57. The van der Waals surface area contributed by atoms with Crippen LogP contribution in [0.5, 0.6) is 0 Å². The molecular weight excluding hydrogens is 164 g/mol. The third-order valence-corrected chi connectivity index (χ3v) is 3.00. The van der Waals surface area contributed by atoms with Gasteiger partial charge in [-0.3, -0.25) is 0 Å². The van der Waals surface area contributed by atoms with Crippen LogP contribution in [0.1, 0.15) is 51.9 Å². The van der Waals surface area contributed by atoms with Crippen LogP contribution in [-0.4, -0.2) is 23.9 Å². The summed E-state index contributed by atoms with van der Waals surface area (Å²) in [6.07, 6.45) is 8.68. The molecule has 0 bridgehead atoms. The third-order valence-electron chi connectivity index (χ3n) is 3.00. The van der Waals surface area contributed by atoms with Crippen LogP contribution in [0.2, 0.25) is 0 Å². The van der Waals surface area contributed by atoms with Crippen LogP contribution in [-0.2, 0) is 4.74 Å². The topological polar surface area (TPSA) is 29.5 Å². The first-order chi connectivity index (χ1) is 6.33. The summed E-state index contributed by atoms with van der Waals surface area (Å²) in [5.41, 5.74) is 0.138. The van der Waals surface area contributed by atoms with Crippen molar-refractivity contribution >= 4 is 0 Å². The molecule has 0 aromatic carbocycles. The smallest absolute Gasteiger partial charge is 0.0705 e. The molecule has 0 spiro atoms. The van der Waals surface area contributed by atoms with E-state index in [1.54, 1.807) is 0 Å². The highest BCUT2D eigenvalue weighted by atomic mass is 16.5. The standard InChI is InChI=1S/C11H22O2/c1-2-3-6-11(13-10-9-12)7-4-5-8-11/h12H,2-10H2,1H3. The summed E-state index contributed by atoms with van der Waals surface area (Å²) in [4.78, 5) is 0. The van der Waals surface area contributed by atoms with Gasteiger partial charge in [0, 0.05) is 0 Å². The van der Waals surface area contributed by atoms with Crippen LogP contribution in [0.4, 0.5) is 0 Å². The minimum absolute atomic E-state index is 0.138. The molecule has 0 saturated heterocycles. The van der Waals surface area contributed by atoms with E-state index in [0.29, 0.717) is 6.61 Å². The van der Waals surface area contributed by atoms with Crippen LogP contribution in [0.15, 0.2) is 0 Å². The molecule has 1 N–H and O–H groups in total. The molecule has 1 fully saturated rings. The Labute approximate surface area is 81.3 Å². The van der Waals surface area contributed by atoms with Crippen molar-refractivity contribution in [2.75, 3.05) is 13.2 Å².